The Bertz CT molecular complexity index is 653. The molecule has 0 bridgehead atoms. The van der Waals surface area contributed by atoms with Gasteiger partial charge in [-0.1, -0.05) is 28.1 Å². The molecule has 5 heteroatoms. The molecule has 0 aromatic heterocycles. The number of carbonyl (C=O) groups excluding carboxylic acids is 1. The summed E-state index contributed by atoms with van der Waals surface area (Å²) in [5, 5.41) is 6.21. The lowest BCUT2D eigenvalue weighted by molar-refractivity contribution is -0.122. The van der Waals surface area contributed by atoms with Gasteiger partial charge in [-0.3, -0.25) is 4.79 Å². The highest BCUT2D eigenvalue weighted by Crippen LogP contribution is 2.25. The monoisotopic (exact) mass is 362 g/mol. The number of hydrogen-bond donors (Lipinski definition) is 2. The van der Waals surface area contributed by atoms with E-state index in [0.717, 1.165) is 28.6 Å². The van der Waals surface area contributed by atoms with E-state index in [0.29, 0.717) is 0 Å². The van der Waals surface area contributed by atoms with Crippen molar-refractivity contribution in [2.24, 2.45) is 0 Å². The third-order valence-corrected chi connectivity index (χ3v) is 4.07. The second-order valence-electron chi connectivity index (χ2n) is 5.42. The van der Waals surface area contributed by atoms with Crippen LogP contribution in [0.5, 0.6) is 0 Å². The number of hydrogen-bond acceptors (Lipinski definition) is 2. The molecule has 1 saturated carbocycles. The van der Waals surface area contributed by atoms with Crippen LogP contribution < -0.4 is 10.6 Å². The maximum absolute atomic E-state index is 13.1. The predicted octanol–water partition coefficient (Wildman–Crippen LogP) is 4.02. The van der Waals surface area contributed by atoms with Crippen molar-refractivity contribution in [1.82, 2.24) is 5.32 Å². The van der Waals surface area contributed by atoms with E-state index in [1.54, 1.807) is 12.1 Å². The predicted molar refractivity (Wildman–Crippen MR) is 88.1 cm³/mol. The van der Waals surface area contributed by atoms with Crippen LogP contribution in [0, 0.1) is 5.82 Å². The Hall–Kier alpha value is -1.88. The first kappa shape index (κ1) is 15.0. The van der Waals surface area contributed by atoms with Gasteiger partial charge in [0.15, 0.2) is 0 Å². The van der Waals surface area contributed by atoms with Crippen molar-refractivity contribution in [3.8, 4) is 0 Å². The maximum atomic E-state index is 13.1. The Balaban J connectivity index is 1.82. The summed E-state index contributed by atoms with van der Waals surface area (Å²) in [6, 6.07) is 13.4. The Labute approximate surface area is 137 Å². The molecular weight excluding hydrogens is 347 g/mol. The molecule has 1 atom stereocenters. The quantitative estimate of drug-likeness (QED) is 0.843. The van der Waals surface area contributed by atoms with Crippen molar-refractivity contribution in [2.45, 2.75) is 24.9 Å². The molecule has 0 spiro atoms. The van der Waals surface area contributed by atoms with Crippen LogP contribution in [0.3, 0.4) is 0 Å². The molecule has 0 heterocycles. The molecule has 1 fully saturated rings. The Morgan fingerprint density at radius 2 is 1.73 bits per heavy atom. The zero-order valence-corrected chi connectivity index (χ0v) is 13.4. The van der Waals surface area contributed by atoms with Crippen molar-refractivity contribution in [3.63, 3.8) is 0 Å². The number of benzene rings is 2. The normalized spacial score (nSPS) is 15.2. The minimum Gasteiger partial charge on any atom is -0.370 e. The fourth-order valence-electron chi connectivity index (χ4n) is 2.18. The van der Waals surface area contributed by atoms with Gasteiger partial charge in [0.1, 0.15) is 11.9 Å². The third-order valence-electron chi connectivity index (χ3n) is 3.54. The van der Waals surface area contributed by atoms with Crippen molar-refractivity contribution in [1.29, 1.82) is 0 Å². The molecule has 0 unspecified atom stereocenters. The summed E-state index contributed by atoms with van der Waals surface area (Å²) in [6.45, 7) is 0. The third kappa shape index (κ3) is 3.85. The number of carbonyl (C=O) groups is 1. The summed E-state index contributed by atoms with van der Waals surface area (Å²) in [6.07, 6.45) is 2.06. The van der Waals surface area contributed by atoms with Crippen LogP contribution in [-0.2, 0) is 4.79 Å². The van der Waals surface area contributed by atoms with Crippen LogP contribution in [-0.4, -0.2) is 11.9 Å². The summed E-state index contributed by atoms with van der Waals surface area (Å²) in [5.74, 6) is -0.397. The fraction of sp³-hybridized carbons (Fsp3) is 0.235. The molecule has 2 N–H and O–H groups in total. The first-order valence-corrected chi connectivity index (χ1v) is 7.99. The largest absolute Gasteiger partial charge is 0.370 e. The van der Waals surface area contributed by atoms with Crippen molar-refractivity contribution >= 4 is 27.5 Å². The van der Waals surface area contributed by atoms with Gasteiger partial charge in [0.2, 0.25) is 5.91 Å². The lowest BCUT2D eigenvalue weighted by atomic mass is 10.1. The number of anilines is 1. The average Bonchev–Trinajstić information content (AvgIpc) is 3.31. The van der Waals surface area contributed by atoms with Crippen LogP contribution in [0.2, 0.25) is 0 Å². The van der Waals surface area contributed by atoms with E-state index in [1.165, 1.54) is 12.1 Å². The number of amides is 1. The molecule has 114 valence electrons. The zero-order chi connectivity index (χ0) is 15.5. The van der Waals surface area contributed by atoms with Crippen molar-refractivity contribution in [2.75, 3.05) is 5.32 Å². The highest BCUT2D eigenvalue weighted by atomic mass is 79.9. The minimum atomic E-state index is -0.539. The molecule has 1 aliphatic rings. The second kappa shape index (κ2) is 6.48. The first-order valence-electron chi connectivity index (χ1n) is 7.20. The zero-order valence-electron chi connectivity index (χ0n) is 11.9. The number of rotatable bonds is 5. The highest BCUT2D eigenvalue weighted by molar-refractivity contribution is 9.10. The molecule has 1 amide bonds. The standard InChI is InChI=1S/C17H16BrFN2O/c18-12-3-7-14(8-4-12)20-16(17(22)21-15-9-10-15)11-1-5-13(19)6-2-11/h1-8,15-16,20H,9-10H2,(H,21,22)/t16-/m1/s1. The van der Waals surface area contributed by atoms with Gasteiger partial charge in [0.05, 0.1) is 0 Å². The molecular formula is C17H16BrFN2O. The van der Waals surface area contributed by atoms with Gasteiger partial charge in [-0.2, -0.15) is 0 Å². The highest BCUT2D eigenvalue weighted by Gasteiger charge is 2.28. The molecule has 3 rings (SSSR count). The fourth-order valence-corrected chi connectivity index (χ4v) is 2.44. The maximum Gasteiger partial charge on any atom is 0.247 e. The smallest absolute Gasteiger partial charge is 0.247 e. The molecule has 1 aliphatic carbocycles. The minimum absolute atomic E-state index is 0.0861. The Kier molecular flexibility index (Phi) is 4.43. The molecule has 22 heavy (non-hydrogen) atoms. The topological polar surface area (TPSA) is 41.1 Å². The van der Waals surface area contributed by atoms with Crippen LogP contribution in [0.1, 0.15) is 24.4 Å². The number of halogens is 2. The van der Waals surface area contributed by atoms with E-state index in [1.807, 2.05) is 24.3 Å². The Morgan fingerprint density at radius 1 is 1.09 bits per heavy atom. The Morgan fingerprint density at radius 3 is 2.32 bits per heavy atom. The first-order chi connectivity index (χ1) is 10.6. The van der Waals surface area contributed by atoms with E-state index < -0.39 is 6.04 Å². The van der Waals surface area contributed by atoms with Gasteiger partial charge in [0.25, 0.3) is 0 Å². The van der Waals surface area contributed by atoms with Gasteiger partial charge >= 0.3 is 0 Å². The lowest BCUT2D eigenvalue weighted by Gasteiger charge is -2.20. The van der Waals surface area contributed by atoms with Crippen LogP contribution in [0.15, 0.2) is 53.0 Å². The second-order valence-corrected chi connectivity index (χ2v) is 6.33. The molecule has 0 saturated heterocycles. The summed E-state index contributed by atoms with van der Waals surface area (Å²) >= 11 is 3.39. The van der Waals surface area contributed by atoms with Gasteiger partial charge in [-0.15, -0.1) is 0 Å². The van der Waals surface area contributed by atoms with Crippen molar-refractivity contribution in [3.05, 3.63) is 64.4 Å². The van der Waals surface area contributed by atoms with Crippen LogP contribution in [0.25, 0.3) is 0 Å². The summed E-state index contributed by atoms with van der Waals surface area (Å²) in [7, 11) is 0. The van der Waals surface area contributed by atoms with E-state index in [2.05, 4.69) is 26.6 Å². The van der Waals surface area contributed by atoms with Gasteiger partial charge in [0, 0.05) is 16.2 Å². The molecule has 0 radical (unpaired) electrons. The lowest BCUT2D eigenvalue weighted by Crippen LogP contribution is -2.34. The molecule has 0 aliphatic heterocycles. The van der Waals surface area contributed by atoms with Gasteiger partial charge < -0.3 is 10.6 Å². The van der Waals surface area contributed by atoms with E-state index in [4.69, 9.17) is 0 Å². The van der Waals surface area contributed by atoms with Gasteiger partial charge in [-0.25, -0.2) is 4.39 Å². The van der Waals surface area contributed by atoms with Crippen molar-refractivity contribution < 1.29 is 9.18 Å². The molecule has 2 aromatic rings. The molecule has 2 aromatic carbocycles. The average molecular weight is 363 g/mol. The van der Waals surface area contributed by atoms with Gasteiger partial charge in [-0.05, 0) is 54.8 Å². The van der Waals surface area contributed by atoms with Crippen LogP contribution in [0.4, 0.5) is 10.1 Å². The van der Waals surface area contributed by atoms with E-state index in [-0.39, 0.29) is 17.8 Å². The molecule has 3 nitrogen and oxygen atoms in total. The summed E-state index contributed by atoms with van der Waals surface area (Å²) in [5.41, 5.74) is 1.57. The summed E-state index contributed by atoms with van der Waals surface area (Å²) in [4.78, 5) is 12.5. The van der Waals surface area contributed by atoms with Crippen LogP contribution >= 0.6 is 15.9 Å². The van der Waals surface area contributed by atoms with E-state index >= 15 is 0 Å². The summed E-state index contributed by atoms with van der Waals surface area (Å²) < 4.78 is 14.1. The SMILES string of the molecule is O=C(NC1CC1)[C@H](Nc1ccc(Br)cc1)c1ccc(F)cc1. The van der Waals surface area contributed by atoms with E-state index in [9.17, 15) is 9.18 Å². The number of nitrogens with one attached hydrogen (secondary N) is 2.